The second-order valence-electron chi connectivity index (χ2n) is 8.76. The van der Waals surface area contributed by atoms with Gasteiger partial charge in [0, 0.05) is 16.0 Å². The maximum Gasteiger partial charge on any atom is 0.323 e. The van der Waals surface area contributed by atoms with Gasteiger partial charge in [-0.25, -0.2) is 0 Å². The van der Waals surface area contributed by atoms with Gasteiger partial charge in [0.15, 0.2) is 3.95 Å². The predicted octanol–water partition coefficient (Wildman–Crippen LogP) is 4.67. The summed E-state index contributed by atoms with van der Waals surface area (Å²) in [7, 11) is 0. The van der Waals surface area contributed by atoms with E-state index in [1.165, 1.54) is 11.3 Å². The number of rotatable bonds is 3. The van der Waals surface area contributed by atoms with Crippen LogP contribution in [0.1, 0.15) is 22.8 Å². The number of aliphatic carboxylic acids is 1. The topological polar surface area (TPSA) is 90.5 Å². The Hall–Kier alpha value is -1.39. The largest absolute Gasteiger partial charge is 0.480 e. The first-order valence-electron chi connectivity index (χ1n) is 10.2. The molecule has 6 nitrogen and oxygen atoms in total. The summed E-state index contributed by atoms with van der Waals surface area (Å²) in [6.07, 6.45) is 0.778. The van der Waals surface area contributed by atoms with Gasteiger partial charge >= 0.3 is 5.97 Å². The molecule has 2 amide bonds. The summed E-state index contributed by atoms with van der Waals surface area (Å²) < 4.78 is 0.679. The lowest BCUT2D eigenvalue weighted by Crippen LogP contribution is -2.42. The lowest BCUT2D eigenvalue weighted by molar-refractivity contribution is -0.149. The Labute approximate surface area is 206 Å². The second-order valence-corrected chi connectivity index (χ2v) is 12.5. The average molecular weight is 527 g/mol. The molecule has 2 aliphatic carbocycles. The van der Waals surface area contributed by atoms with E-state index in [1.807, 2.05) is 12.1 Å². The summed E-state index contributed by atoms with van der Waals surface area (Å²) in [5.41, 5.74) is 0.907. The van der Waals surface area contributed by atoms with Crippen LogP contribution in [0.15, 0.2) is 23.2 Å². The van der Waals surface area contributed by atoms with Crippen molar-refractivity contribution in [1.29, 1.82) is 0 Å². The zero-order valence-electron chi connectivity index (χ0n) is 16.3. The number of carbonyl (C=O) groups excluding carboxylic acids is 2. The number of carboxylic acids is 1. The van der Waals surface area contributed by atoms with Gasteiger partial charge in [0.1, 0.15) is 6.54 Å². The van der Waals surface area contributed by atoms with Crippen LogP contribution in [0.25, 0.3) is 0 Å². The van der Waals surface area contributed by atoms with E-state index in [4.69, 9.17) is 35.4 Å². The molecule has 2 aliphatic heterocycles. The molecule has 2 aromatic rings. The summed E-state index contributed by atoms with van der Waals surface area (Å²) in [4.78, 5) is 42.8. The number of hydrogen-bond acceptors (Lipinski definition) is 6. The maximum atomic E-state index is 13.2. The van der Waals surface area contributed by atoms with Crippen molar-refractivity contribution in [3.05, 3.63) is 42.6 Å². The monoisotopic (exact) mass is 526 g/mol. The highest BCUT2D eigenvalue weighted by Gasteiger charge is 2.69. The lowest BCUT2D eigenvalue weighted by Gasteiger charge is -2.43. The number of aromatic amines is 1. The molecule has 4 aliphatic rings. The third-order valence-corrected chi connectivity index (χ3v) is 11.2. The van der Waals surface area contributed by atoms with Crippen molar-refractivity contribution in [1.82, 2.24) is 9.88 Å². The van der Waals surface area contributed by atoms with Crippen molar-refractivity contribution in [3.8, 4) is 0 Å². The molecule has 3 heterocycles. The zero-order chi connectivity index (χ0) is 22.5. The molecule has 2 saturated carbocycles. The molecule has 2 N–H and O–H groups in total. The number of carboxylic acid groups (broad SMARTS) is 1. The first kappa shape index (κ1) is 21.2. The number of thioether (sulfide) groups is 1. The minimum absolute atomic E-state index is 0.00530. The molecule has 11 heteroatoms. The van der Waals surface area contributed by atoms with Crippen LogP contribution in [0.4, 0.5) is 0 Å². The molecular weight excluding hydrogens is 511 g/mol. The normalized spacial score (nSPS) is 34.6. The van der Waals surface area contributed by atoms with Crippen molar-refractivity contribution in [2.24, 2.45) is 29.6 Å². The zero-order valence-corrected chi connectivity index (χ0v) is 20.2. The number of H-pyrrole nitrogens is 1. The molecule has 166 valence electrons. The fourth-order valence-electron chi connectivity index (χ4n) is 6.48. The number of aromatic nitrogens is 1. The number of nitrogens with one attached hydrogen (secondary N) is 1. The molecule has 1 aromatic carbocycles. The average Bonchev–Trinajstić information content (AvgIpc) is 3.46. The van der Waals surface area contributed by atoms with Crippen LogP contribution in [-0.2, 0) is 14.4 Å². The van der Waals surface area contributed by atoms with Gasteiger partial charge in [0.25, 0.3) is 0 Å². The fraction of sp³-hybridized carbons (Fsp3) is 0.429. The van der Waals surface area contributed by atoms with Gasteiger partial charge in [0.2, 0.25) is 11.8 Å². The highest BCUT2D eigenvalue weighted by atomic mass is 35.5. The summed E-state index contributed by atoms with van der Waals surface area (Å²) in [5.74, 6) is -2.80. The van der Waals surface area contributed by atoms with E-state index in [0.717, 1.165) is 26.8 Å². The van der Waals surface area contributed by atoms with Crippen molar-refractivity contribution in [2.45, 2.75) is 22.6 Å². The van der Waals surface area contributed by atoms with Crippen molar-refractivity contribution < 1.29 is 19.5 Å². The van der Waals surface area contributed by atoms with E-state index in [-0.39, 0.29) is 40.7 Å². The van der Waals surface area contributed by atoms with Gasteiger partial charge < -0.3 is 10.1 Å². The van der Waals surface area contributed by atoms with Crippen LogP contribution in [0.5, 0.6) is 0 Å². The Balaban J connectivity index is 1.48. The fourth-order valence-corrected chi connectivity index (χ4v) is 10.2. The minimum atomic E-state index is -1.18. The predicted molar refractivity (Wildman–Crippen MR) is 124 cm³/mol. The number of imide groups is 1. The number of benzene rings is 1. The van der Waals surface area contributed by atoms with Gasteiger partial charge in [-0.2, -0.15) is 0 Å². The van der Waals surface area contributed by atoms with E-state index >= 15 is 0 Å². The Morgan fingerprint density at radius 2 is 1.94 bits per heavy atom. The van der Waals surface area contributed by atoms with Crippen LogP contribution in [0, 0.1) is 33.5 Å². The summed E-state index contributed by atoms with van der Waals surface area (Å²) >= 11 is 21.7. The number of halogens is 2. The van der Waals surface area contributed by atoms with Crippen LogP contribution in [0.3, 0.4) is 0 Å². The number of likely N-dealkylation sites (tertiary alicyclic amines) is 1. The quantitative estimate of drug-likeness (QED) is 0.446. The van der Waals surface area contributed by atoms with Crippen molar-refractivity contribution in [2.75, 3.05) is 6.54 Å². The maximum absolute atomic E-state index is 13.2. The number of thiazole rings is 1. The molecule has 3 fully saturated rings. The van der Waals surface area contributed by atoms with Crippen molar-refractivity contribution >= 4 is 76.3 Å². The van der Waals surface area contributed by atoms with Gasteiger partial charge in [-0.05, 0) is 48.0 Å². The Bertz CT molecular complexity index is 1260. The minimum Gasteiger partial charge on any atom is -0.480 e. The third-order valence-electron chi connectivity index (χ3n) is 7.43. The lowest BCUT2D eigenvalue weighted by atomic mass is 9.68. The third kappa shape index (κ3) is 2.78. The van der Waals surface area contributed by atoms with Gasteiger partial charge in [-0.15, -0.1) is 23.1 Å². The molecule has 2 bridgehead atoms. The molecule has 1 aromatic heterocycles. The number of nitrogens with zero attached hydrogens (tertiary/aromatic N) is 1. The van der Waals surface area contributed by atoms with E-state index < -0.39 is 24.3 Å². The summed E-state index contributed by atoms with van der Waals surface area (Å²) in [6.45, 7) is -0.573. The molecule has 6 rings (SSSR count). The highest BCUT2D eigenvalue weighted by molar-refractivity contribution is 8.00. The number of amides is 2. The first-order chi connectivity index (χ1) is 15.3. The van der Waals surface area contributed by atoms with E-state index in [2.05, 4.69) is 4.98 Å². The van der Waals surface area contributed by atoms with E-state index in [0.29, 0.717) is 14.0 Å². The molecule has 7 atom stereocenters. The van der Waals surface area contributed by atoms with Gasteiger partial charge in [0.05, 0.1) is 26.9 Å². The standard InChI is InChI=1S/C21H16Cl2N2O4S3/c22-9-3-1-2-6(15(9)23)11-12-7-4-8(16(12)31-18-17(11)32-21(30)24-18)14-13(7)19(28)25(20(14)29)5-10(26)27/h1-3,7-8,11-14,16H,4-5H2,(H,24,30)(H,26,27). The number of hydrogen-bond donors (Lipinski definition) is 2. The van der Waals surface area contributed by atoms with Crippen LogP contribution in [0.2, 0.25) is 10.0 Å². The SMILES string of the molecule is O=C(O)CN1C(=O)C2C3CC(C2C1=O)C1C(c2cccc(Cl)c2Cl)c2sc(=S)[nH]c2SC31. The number of fused-ring (bicyclic) bond motifs is 9. The molecule has 0 radical (unpaired) electrons. The van der Waals surface area contributed by atoms with Crippen LogP contribution in [-0.4, -0.2) is 44.6 Å². The van der Waals surface area contributed by atoms with Gasteiger partial charge in [-0.3, -0.25) is 19.3 Å². The van der Waals surface area contributed by atoms with E-state index in [9.17, 15) is 19.5 Å². The molecule has 32 heavy (non-hydrogen) atoms. The summed E-state index contributed by atoms with van der Waals surface area (Å²) in [6, 6.07) is 5.60. The molecular formula is C21H16Cl2N2O4S3. The molecule has 7 unspecified atom stereocenters. The Kier molecular flexibility index (Phi) is 4.83. The number of carbonyl (C=O) groups is 3. The molecule has 0 spiro atoms. The highest BCUT2D eigenvalue weighted by Crippen LogP contribution is 2.69. The van der Waals surface area contributed by atoms with Crippen LogP contribution < -0.4 is 0 Å². The second kappa shape index (κ2) is 7.30. The van der Waals surface area contributed by atoms with E-state index in [1.54, 1.807) is 17.8 Å². The molecule has 1 saturated heterocycles. The van der Waals surface area contributed by atoms with Crippen molar-refractivity contribution in [3.63, 3.8) is 0 Å². The first-order valence-corrected chi connectivity index (χ1v) is 13.0. The van der Waals surface area contributed by atoms with Gasteiger partial charge in [-0.1, -0.05) is 35.3 Å². The summed E-state index contributed by atoms with van der Waals surface area (Å²) in [5, 5.41) is 11.3. The Morgan fingerprint density at radius 3 is 2.66 bits per heavy atom. The van der Waals surface area contributed by atoms with Crippen LogP contribution >= 0.6 is 58.5 Å². The smallest absolute Gasteiger partial charge is 0.323 e. The Morgan fingerprint density at radius 1 is 1.22 bits per heavy atom.